The van der Waals surface area contributed by atoms with E-state index in [0.717, 1.165) is 11.8 Å². The van der Waals surface area contributed by atoms with Gasteiger partial charge in [0.15, 0.2) is 11.5 Å². The van der Waals surface area contributed by atoms with Crippen molar-refractivity contribution in [2.45, 2.75) is 13.5 Å². The molecule has 0 aliphatic heterocycles. The monoisotopic (exact) mass is 512 g/mol. The minimum atomic E-state index is -3.54. The van der Waals surface area contributed by atoms with Gasteiger partial charge in [-0.15, -0.1) is 0 Å². The maximum Gasteiger partial charge on any atom is 0.340 e. The largest absolute Gasteiger partial charge is 0.493 e. The summed E-state index contributed by atoms with van der Waals surface area (Å²) in [5.41, 5.74) is 2.79. The van der Waals surface area contributed by atoms with E-state index in [0.29, 0.717) is 28.3 Å². The fraction of sp³-hybridized carbons (Fsp3) is 0.231. The highest BCUT2D eigenvalue weighted by Crippen LogP contribution is 2.34. The van der Waals surface area contributed by atoms with Gasteiger partial charge in [0.25, 0.3) is 5.91 Å². The van der Waals surface area contributed by atoms with Crippen LogP contribution in [0.25, 0.3) is 0 Å². The van der Waals surface area contributed by atoms with Crippen LogP contribution in [-0.2, 0) is 21.3 Å². The van der Waals surface area contributed by atoms with E-state index in [1.165, 1.54) is 37.8 Å². The Balaban J connectivity index is 1.85. The van der Waals surface area contributed by atoms with Crippen molar-refractivity contribution in [2.75, 3.05) is 37.2 Å². The van der Waals surface area contributed by atoms with Crippen LogP contribution < -0.4 is 19.1 Å². The van der Waals surface area contributed by atoms with E-state index in [9.17, 15) is 18.0 Å². The van der Waals surface area contributed by atoms with Gasteiger partial charge < -0.3 is 19.5 Å². The zero-order valence-corrected chi connectivity index (χ0v) is 21.5. The Morgan fingerprint density at radius 3 is 2.11 bits per heavy atom. The van der Waals surface area contributed by atoms with Crippen LogP contribution in [0.3, 0.4) is 0 Å². The summed E-state index contributed by atoms with van der Waals surface area (Å²) in [4.78, 5) is 25.2. The molecule has 3 aromatic rings. The number of amides is 1. The summed E-state index contributed by atoms with van der Waals surface area (Å²) >= 11 is 0. The number of sulfonamides is 1. The summed E-state index contributed by atoms with van der Waals surface area (Å²) in [6.07, 6.45) is 1.15. The van der Waals surface area contributed by atoms with Crippen molar-refractivity contribution < 1.29 is 32.2 Å². The molecule has 0 saturated heterocycles. The van der Waals surface area contributed by atoms with Crippen LogP contribution in [0.5, 0.6) is 11.5 Å². The highest BCUT2D eigenvalue weighted by atomic mass is 32.2. The Morgan fingerprint density at radius 1 is 0.917 bits per heavy atom. The van der Waals surface area contributed by atoms with Crippen molar-refractivity contribution >= 4 is 33.3 Å². The number of esters is 1. The van der Waals surface area contributed by atoms with Crippen molar-refractivity contribution in [1.82, 2.24) is 0 Å². The van der Waals surface area contributed by atoms with E-state index in [2.05, 4.69) is 5.32 Å². The Kier molecular flexibility index (Phi) is 8.21. The van der Waals surface area contributed by atoms with Gasteiger partial charge in [-0.3, -0.25) is 9.10 Å². The maximum atomic E-state index is 12.9. The smallest absolute Gasteiger partial charge is 0.340 e. The first-order valence-corrected chi connectivity index (χ1v) is 12.7. The Labute approximate surface area is 210 Å². The quantitative estimate of drug-likeness (QED) is 0.431. The van der Waals surface area contributed by atoms with E-state index in [1.54, 1.807) is 42.5 Å². The minimum Gasteiger partial charge on any atom is -0.493 e. The van der Waals surface area contributed by atoms with Crippen LogP contribution in [0.15, 0.2) is 60.7 Å². The van der Waals surface area contributed by atoms with E-state index < -0.39 is 21.9 Å². The molecule has 0 fully saturated rings. The molecule has 0 atom stereocenters. The first-order valence-electron chi connectivity index (χ1n) is 10.9. The molecule has 1 amide bonds. The average molecular weight is 513 g/mol. The molecule has 9 nitrogen and oxygen atoms in total. The third kappa shape index (κ3) is 6.14. The van der Waals surface area contributed by atoms with Gasteiger partial charge in [-0.25, -0.2) is 13.2 Å². The summed E-state index contributed by atoms with van der Waals surface area (Å²) in [7, 11) is 0.570. The van der Waals surface area contributed by atoms with Crippen LogP contribution in [0.2, 0.25) is 0 Å². The van der Waals surface area contributed by atoms with Gasteiger partial charge in [0, 0.05) is 17.7 Å². The molecule has 190 valence electrons. The van der Waals surface area contributed by atoms with Gasteiger partial charge in [-0.05, 0) is 42.3 Å². The van der Waals surface area contributed by atoms with Crippen LogP contribution >= 0.6 is 0 Å². The van der Waals surface area contributed by atoms with Gasteiger partial charge in [-0.2, -0.15) is 0 Å². The van der Waals surface area contributed by atoms with E-state index in [-0.39, 0.29) is 17.8 Å². The summed E-state index contributed by atoms with van der Waals surface area (Å²) in [6.45, 7) is 1.99. The first kappa shape index (κ1) is 26.6. The number of benzene rings is 3. The molecule has 1 N–H and O–H groups in total. The number of hydrogen-bond donors (Lipinski definition) is 1. The number of carbonyl (C=O) groups excluding carboxylic acids is 2. The zero-order valence-electron chi connectivity index (χ0n) is 20.7. The fourth-order valence-corrected chi connectivity index (χ4v) is 4.45. The molecule has 3 rings (SSSR count). The third-order valence-corrected chi connectivity index (χ3v) is 6.55. The lowest BCUT2D eigenvalue weighted by atomic mass is 10.1. The number of nitrogens with one attached hydrogen (secondary N) is 1. The number of aryl methyl sites for hydroxylation is 1. The lowest BCUT2D eigenvalue weighted by Crippen LogP contribution is -2.29. The van der Waals surface area contributed by atoms with Crippen molar-refractivity contribution in [3.05, 3.63) is 82.9 Å². The second-order valence-electron chi connectivity index (χ2n) is 8.00. The van der Waals surface area contributed by atoms with Crippen LogP contribution in [-0.4, -0.2) is 47.9 Å². The fourth-order valence-electron chi connectivity index (χ4n) is 3.57. The third-order valence-electron chi connectivity index (χ3n) is 5.41. The van der Waals surface area contributed by atoms with Gasteiger partial charge in [0.1, 0.15) is 0 Å². The number of carbonyl (C=O) groups is 2. The normalized spacial score (nSPS) is 10.9. The van der Waals surface area contributed by atoms with Gasteiger partial charge in [-0.1, -0.05) is 24.3 Å². The molecule has 0 heterocycles. The van der Waals surface area contributed by atoms with E-state index in [1.807, 2.05) is 13.0 Å². The van der Waals surface area contributed by atoms with Gasteiger partial charge >= 0.3 is 5.97 Å². The standard InChI is InChI=1S/C26H28N2O7S/c1-17-7-6-8-20(13-17)28(36(5,31)32)16-18-9-11-19(12-10-18)25(29)27-22-15-24(34-3)23(33-2)14-21(22)26(30)35-4/h6-15H,16H2,1-5H3,(H,27,29). The lowest BCUT2D eigenvalue weighted by molar-refractivity contribution is 0.0601. The molecule has 3 aromatic carbocycles. The van der Waals surface area contributed by atoms with E-state index in [4.69, 9.17) is 14.2 Å². The molecule has 10 heteroatoms. The van der Waals surface area contributed by atoms with Crippen LogP contribution in [0.1, 0.15) is 31.8 Å². The maximum absolute atomic E-state index is 12.9. The number of nitrogens with zero attached hydrogens (tertiary/aromatic N) is 1. The first-order chi connectivity index (χ1) is 17.1. The predicted molar refractivity (Wildman–Crippen MR) is 137 cm³/mol. The molecule has 0 radical (unpaired) electrons. The number of anilines is 2. The Morgan fingerprint density at radius 2 is 1.56 bits per heavy atom. The zero-order chi connectivity index (χ0) is 26.5. The molecular weight excluding hydrogens is 484 g/mol. The minimum absolute atomic E-state index is 0.0991. The average Bonchev–Trinajstić information content (AvgIpc) is 2.86. The topological polar surface area (TPSA) is 111 Å². The summed E-state index contributed by atoms with van der Waals surface area (Å²) < 4.78 is 41.5. The van der Waals surface area contributed by atoms with Crippen molar-refractivity contribution in [3.63, 3.8) is 0 Å². The number of rotatable bonds is 9. The number of hydrogen-bond acceptors (Lipinski definition) is 7. The highest BCUT2D eigenvalue weighted by molar-refractivity contribution is 7.92. The van der Waals surface area contributed by atoms with Gasteiger partial charge in [0.05, 0.1) is 51.1 Å². The van der Waals surface area contributed by atoms with Crippen molar-refractivity contribution in [2.24, 2.45) is 0 Å². The van der Waals surface area contributed by atoms with Crippen LogP contribution in [0, 0.1) is 6.92 Å². The summed E-state index contributed by atoms with van der Waals surface area (Å²) in [5.74, 6) is -0.492. The summed E-state index contributed by atoms with van der Waals surface area (Å²) in [5, 5.41) is 2.70. The van der Waals surface area contributed by atoms with Gasteiger partial charge in [0.2, 0.25) is 10.0 Å². The second kappa shape index (κ2) is 11.1. The molecule has 36 heavy (non-hydrogen) atoms. The molecule has 0 bridgehead atoms. The molecule has 0 aromatic heterocycles. The summed E-state index contributed by atoms with van der Waals surface area (Å²) in [6, 6.07) is 16.6. The van der Waals surface area contributed by atoms with Crippen molar-refractivity contribution in [3.8, 4) is 11.5 Å². The molecule has 0 aliphatic rings. The lowest BCUT2D eigenvalue weighted by Gasteiger charge is -2.23. The second-order valence-corrected chi connectivity index (χ2v) is 9.91. The Hall–Kier alpha value is -4.05. The molecule has 0 unspecified atom stereocenters. The molecule has 0 saturated carbocycles. The predicted octanol–water partition coefficient (Wildman–Crippen LogP) is 4.02. The molecule has 0 aliphatic carbocycles. The van der Waals surface area contributed by atoms with Crippen LogP contribution in [0.4, 0.5) is 11.4 Å². The highest BCUT2D eigenvalue weighted by Gasteiger charge is 2.21. The molecule has 0 spiro atoms. The molecular formula is C26H28N2O7S. The SMILES string of the molecule is COC(=O)c1cc(OC)c(OC)cc1NC(=O)c1ccc(CN(c2cccc(C)c2)S(C)(=O)=O)cc1. The van der Waals surface area contributed by atoms with E-state index >= 15 is 0 Å². The number of ether oxygens (including phenoxy) is 3. The van der Waals surface area contributed by atoms with Crippen molar-refractivity contribution in [1.29, 1.82) is 0 Å². The Bertz CT molecular complexity index is 1370. The number of methoxy groups -OCH3 is 3.